The molecule has 4 aromatic rings. The quantitative estimate of drug-likeness (QED) is 0.302. The summed E-state index contributed by atoms with van der Waals surface area (Å²) in [4.78, 5) is 36.0. The Labute approximate surface area is 222 Å². The van der Waals surface area contributed by atoms with Crippen molar-refractivity contribution in [2.45, 2.75) is 19.1 Å². The minimum atomic E-state index is -0.693. The smallest absolute Gasteiger partial charge is 0.270 e. The molecule has 0 radical (unpaired) electrons. The predicted molar refractivity (Wildman–Crippen MR) is 146 cm³/mol. The molecule has 0 spiro atoms. The molecule has 2 heterocycles. The van der Waals surface area contributed by atoms with Gasteiger partial charge in [0, 0.05) is 42.8 Å². The second-order valence-electron chi connectivity index (χ2n) is 9.24. The van der Waals surface area contributed by atoms with Gasteiger partial charge >= 0.3 is 0 Å². The number of aliphatic hydroxyl groups is 1. The largest absolute Gasteiger partial charge is 0.394 e. The maximum atomic E-state index is 12.8. The first kappa shape index (κ1) is 26.7. The minimum Gasteiger partial charge on any atom is -0.394 e. The highest BCUT2D eigenvalue weighted by atomic mass is 16.3. The van der Waals surface area contributed by atoms with E-state index < -0.39 is 11.9 Å². The summed E-state index contributed by atoms with van der Waals surface area (Å²) < 4.78 is 0. The Kier molecular flexibility index (Phi) is 8.92. The molecule has 0 aliphatic heterocycles. The van der Waals surface area contributed by atoms with Crippen LogP contribution < -0.4 is 10.6 Å². The van der Waals surface area contributed by atoms with Crippen molar-refractivity contribution in [3.8, 4) is 11.1 Å². The van der Waals surface area contributed by atoms with E-state index in [4.69, 9.17) is 0 Å². The van der Waals surface area contributed by atoms with Crippen LogP contribution in [0.4, 0.5) is 0 Å². The van der Waals surface area contributed by atoms with Crippen LogP contribution in [-0.2, 0) is 13.1 Å². The molecule has 2 aromatic carbocycles. The summed E-state index contributed by atoms with van der Waals surface area (Å²) in [6.07, 6.45) is 5.01. The Hall–Kier alpha value is -4.40. The Morgan fingerprint density at radius 3 is 2.29 bits per heavy atom. The highest BCUT2D eigenvalue weighted by Gasteiger charge is 2.18. The molecule has 0 aliphatic carbocycles. The number of nitrogens with zero attached hydrogens (tertiary/aromatic N) is 3. The van der Waals surface area contributed by atoms with Crippen LogP contribution in [0.15, 0.2) is 91.4 Å². The Balaban J connectivity index is 1.37. The molecular weight excluding hydrogens is 478 g/mol. The monoisotopic (exact) mass is 509 g/mol. The molecule has 0 unspecified atom stereocenters. The second-order valence-corrected chi connectivity index (χ2v) is 9.24. The van der Waals surface area contributed by atoms with Crippen molar-refractivity contribution in [2.24, 2.45) is 0 Å². The average Bonchev–Trinajstić information content (AvgIpc) is 2.95. The van der Waals surface area contributed by atoms with Crippen molar-refractivity contribution in [3.63, 3.8) is 0 Å². The fourth-order valence-electron chi connectivity index (χ4n) is 4.02. The van der Waals surface area contributed by atoms with Crippen molar-refractivity contribution < 1.29 is 14.7 Å². The van der Waals surface area contributed by atoms with E-state index in [1.54, 1.807) is 48.9 Å². The zero-order chi connectivity index (χ0) is 26.9. The lowest BCUT2D eigenvalue weighted by Gasteiger charge is -2.17. The summed E-state index contributed by atoms with van der Waals surface area (Å²) in [7, 11) is 4.04. The third-order valence-electron chi connectivity index (χ3n) is 6.02. The highest BCUT2D eigenvalue weighted by molar-refractivity contribution is 5.95. The van der Waals surface area contributed by atoms with Gasteiger partial charge < -0.3 is 20.6 Å². The van der Waals surface area contributed by atoms with Crippen molar-refractivity contribution >= 4 is 11.8 Å². The van der Waals surface area contributed by atoms with Crippen LogP contribution in [0.25, 0.3) is 11.1 Å². The molecule has 1 atom stereocenters. The Morgan fingerprint density at radius 1 is 0.895 bits per heavy atom. The van der Waals surface area contributed by atoms with E-state index in [1.807, 2.05) is 44.4 Å². The zero-order valence-electron chi connectivity index (χ0n) is 21.5. The molecule has 0 saturated carbocycles. The van der Waals surface area contributed by atoms with Crippen LogP contribution in [0, 0.1) is 0 Å². The predicted octanol–water partition coefficient (Wildman–Crippen LogP) is 3.60. The van der Waals surface area contributed by atoms with Gasteiger partial charge in [0.2, 0.25) is 0 Å². The molecule has 0 fully saturated rings. The number of hydrogen-bond acceptors (Lipinski definition) is 6. The van der Waals surface area contributed by atoms with Gasteiger partial charge in [-0.25, -0.2) is 0 Å². The van der Waals surface area contributed by atoms with Crippen LogP contribution in [0.5, 0.6) is 0 Å². The maximum absolute atomic E-state index is 12.8. The summed E-state index contributed by atoms with van der Waals surface area (Å²) in [6.45, 7) is 0.923. The van der Waals surface area contributed by atoms with Gasteiger partial charge in [0.15, 0.2) is 0 Å². The van der Waals surface area contributed by atoms with Crippen LogP contribution >= 0.6 is 0 Å². The number of nitrogens with one attached hydrogen (secondary N) is 2. The number of pyridine rings is 2. The molecule has 38 heavy (non-hydrogen) atoms. The minimum absolute atomic E-state index is 0.228. The van der Waals surface area contributed by atoms with E-state index in [-0.39, 0.29) is 18.2 Å². The van der Waals surface area contributed by atoms with Crippen molar-refractivity contribution in [1.29, 1.82) is 0 Å². The van der Waals surface area contributed by atoms with Gasteiger partial charge in [-0.15, -0.1) is 0 Å². The number of amides is 2. The number of carbonyl (C=O) groups excluding carboxylic acids is 2. The normalized spacial score (nSPS) is 11.7. The van der Waals surface area contributed by atoms with Crippen LogP contribution in [-0.4, -0.2) is 52.5 Å². The summed E-state index contributed by atoms with van der Waals surface area (Å²) in [6, 6.07) is 21.5. The lowest BCUT2D eigenvalue weighted by molar-refractivity contribution is 0.0911. The van der Waals surface area contributed by atoms with E-state index >= 15 is 0 Å². The first-order valence-electron chi connectivity index (χ1n) is 12.3. The fraction of sp³-hybridized carbons (Fsp3) is 0.200. The second kappa shape index (κ2) is 12.7. The fourth-order valence-corrected chi connectivity index (χ4v) is 4.02. The van der Waals surface area contributed by atoms with E-state index in [0.29, 0.717) is 17.7 Å². The number of rotatable bonds is 10. The van der Waals surface area contributed by atoms with Crippen LogP contribution in [0.2, 0.25) is 0 Å². The Bertz CT molecular complexity index is 1360. The average molecular weight is 510 g/mol. The summed E-state index contributed by atoms with van der Waals surface area (Å²) in [5, 5.41) is 15.7. The highest BCUT2D eigenvalue weighted by Crippen LogP contribution is 2.19. The van der Waals surface area contributed by atoms with Crippen molar-refractivity contribution in [1.82, 2.24) is 25.5 Å². The number of benzene rings is 2. The molecule has 3 N–H and O–H groups in total. The van der Waals surface area contributed by atoms with Gasteiger partial charge in [-0.2, -0.15) is 0 Å². The molecule has 0 aliphatic rings. The van der Waals surface area contributed by atoms with E-state index in [0.717, 1.165) is 23.2 Å². The first-order valence-corrected chi connectivity index (χ1v) is 12.3. The standard InChI is InChI=1S/C30H31N5O3/c1-35(2)19-22-8-6-21(7-9-22)17-33-29(37)25-5-3-4-24(16-25)28(20-36)34-30(38)27-11-10-26(18-32-27)23-12-14-31-15-13-23/h3-16,18,28,36H,17,19-20H2,1-2H3,(H,33,37)(H,34,38)/t28-/m1/s1. The molecule has 4 rings (SSSR count). The van der Waals surface area contributed by atoms with Gasteiger partial charge in [0.1, 0.15) is 5.69 Å². The van der Waals surface area contributed by atoms with Crippen LogP contribution in [0.1, 0.15) is 43.6 Å². The molecule has 2 amide bonds. The van der Waals surface area contributed by atoms with E-state index in [2.05, 4.69) is 37.6 Å². The number of carbonyl (C=O) groups is 2. The number of aromatic nitrogens is 2. The topological polar surface area (TPSA) is 107 Å². The molecule has 194 valence electrons. The van der Waals surface area contributed by atoms with Gasteiger partial charge in [-0.3, -0.25) is 19.6 Å². The van der Waals surface area contributed by atoms with E-state index in [9.17, 15) is 14.7 Å². The molecule has 0 bridgehead atoms. The summed E-state index contributed by atoms with van der Waals surface area (Å²) in [5.41, 5.74) is 5.31. The molecule has 0 saturated heterocycles. The lowest BCUT2D eigenvalue weighted by atomic mass is 10.0. The lowest BCUT2D eigenvalue weighted by Crippen LogP contribution is -2.31. The molecule has 2 aromatic heterocycles. The van der Waals surface area contributed by atoms with Crippen molar-refractivity contribution in [2.75, 3.05) is 20.7 Å². The molecule has 8 nitrogen and oxygen atoms in total. The van der Waals surface area contributed by atoms with Crippen molar-refractivity contribution in [3.05, 3.63) is 119 Å². The maximum Gasteiger partial charge on any atom is 0.270 e. The first-order chi connectivity index (χ1) is 18.4. The van der Waals surface area contributed by atoms with Gasteiger partial charge in [-0.05, 0) is 66.7 Å². The summed E-state index contributed by atoms with van der Waals surface area (Å²) >= 11 is 0. The Morgan fingerprint density at radius 2 is 1.63 bits per heavy atom. The SMILES string of the molecule is CN(C)Cc1ccc(CNC(=O)c2cccc([C@@H](CO)NC(=O)c3ccc(-c4ccncc4)cn3)c2)cc1. The molecule has 8 heteroatoms. The van der Waals surface area contributed by atoms with E-state index in [1.165, 1.54) is 5.56 Å². The third-order valence-corrected chi connectivity index (χ3v) is 6.02. The van der Waals surface area contributed by atoms with Crippen LogP contribution in [0.3, 0.4) is 0 Å². The van der Waals surface area contributed by atoms with Gasteiger partial charge in [0.25, 0.3) is 11.8 Å². The number of hydrogen-bond donors (Lipinski definition) is 3. The number of aliphatic hydroxyl groups excluding tert-OH is 1. The summed E-state index contributed by atoms with van der Waals surface area (Å²) in [5.74, 6) is -0.654. The van der Waals surface area contributed by atoms with Gasteiger partial charge in [0.05, 0.1) is 12.6 Å². The third kappa shape index (κ3) is 7.09. The zero-order valence-corrected chi connectivity index (χ0v) is 21.5. The van der Waals surface area contributed by atoms with Gasteiger partial charge in [-0.1, -0.05) is 42.5 Å². The molecular formula is C30H31N5O3.